The van der Waals surface area contributed by atoms with Gasteiger partial charge in [0.05, 0.1) is 6.61 Å². The number of esters is 1. The van der Waals surface area contributed by atoms with E-state index in [4.69, 9.17) is 9.47 Å². The third-order valence-electron chi connectivity index (χ3n) is 7.47. The van der Waals surface area contributed by atoms with Crippen molar-refractivity contribution in [3.05, 3.63) is 113 Å². The Balaban J connectivity index is 1.54. The number of rotatable bonds is 5. The molecule has 2 unspecified atom stereocenters. The predicted octanol–water partition coefficient (Wildman–Crippen LogP) is 7.12. The number of anilines is 1. The van der Waals surface area contributed by atoms with Gasteiger partial charge < -0.3 is 14.8 Å². The maximum absolute atomic E-state index is 14.0. The molecule has 5 nitrogen and oxygen atoms in total. The first-order valence-electron chi connectivity index (χ1n) is 13.1. The molecule has 4 aromatic rings. The van der Waals surface area contributed by atoms with E-state index in [1.165, 1.54) is 12.5 Å². The number of benzene rings is 4. The molecular weight excluding hydrogens is 474 g/mol. The number of carbonyl (C=O) groups is 2. The van der Waals surface area contributed by atoms with E-state index in [0.29, 0.717) is 24.5 Å². The molecule has 2 atom stereocenters. The SMILES string of the molecule is CCOc1cc(C2C3=C(CC(c4ccccc4)CC3=O)Nc3ccc4ccccc4c32)ccc1OC(C)=O. The molecule has 1 aliphatic carbocycles. The first kappa shape index (κ1) is 24.0. The molecule has 1 aliphatic heterocycles. The van der Waals surface area contributed by atoms with Gasteiger partial charge in [0.2, 0.25) is 0 Å². The molecular formula is C33H29NO4. The van der Waals surface area contributed by atoms with Gasteiger partial charge in [-0.05, 0) is 64.9 Å². The number of hydrogen-bond donors (Lipinski definition) is 1. The molecule has 5 heteroatoms. The molecule has 2 aliphatic rings. The minimum Gasteiger partial charge on any atom is -0.490 e. The minimum atomic E-state index is -0.406. The van der Waals surface area contributed by atoms with Crippen molar-refractivity contribution in [2.75, 3.05) is 11.9 Å². The number of ketones is 1. The summed E-state index contributed by atoms with van der Waals surface area (Å²) in [6.07, 6.45) is 1.22. The van der Waals surface area contributed by atoms with Crippen LogP contribution in [0.5, 0.6) is 11.5 Å². The molecule has 0 aromatic heterocycles. The van der Waals surface area contributed by atoms with Crippen LogP contribution in [0.25, 0.3) is 10.8 Å². The lowest BCUT2D eigenvalue weighted by molar-refractivity contribution is -0.132. The lowest BCUT2D eigenvalue weighted by atomic mass is 9.71. The summed E-state index contributed by atoms with van der Waals surface area (Å²) in [5, 5.41) is 5.88. The fourth-order valence-electron chi connectivity index (χ4n) is 5.91. The van der Waals surface area contributed by atoms with E-state index < -0.39 is 5.97 Å². The Kier molecular flexibility index (Phi) is 6.20. The van der Waals surface area contributed by atoms with E-state index in [0.717, 1.165) is 45.3 Å². The zero-order chi connectivity index (χ0) is 26.2. The molecule has 4 aromatic carbocycles. The molecule has 0 spiro atoms. The summed E-state index contributed by atoms with van der Waals surface area (Å²) in [5.74, 6) is 0.469. The van der Waals surface area contributed by atoms with Gasteiger partial charge in [0.25, 0.3) is 0 Å². The van der Waals surface area contributed by atoms with Crippen LogP contribution in [0.15, 0.2) is 96.2 Å². The van der Waals surface area contributed by atoms with Crippen molar-refractivity contribution < 1.29 is 19.1 Å². The van der Waals surface area contributed by atoms with Gasteiger partial charge in [-0.2, -0.15) is 0 Å². The second-order valence-corrected chi connectivity index (χ2v) is 9.87. The van der Waals surface area contributed by atoms with Gasteiger partial charge in [-0.1, -0.05) is 66.7 Å². The average Bonchev–Trinajstić information content (AvgIpc) is 2.93. The van der Waals surface area contributed by atoms with Crippen molar-refractivity contribution in [3.8, 4) is 11.5 Å². The highest BCUT2D eigenvalue weighted by molar-refractivity contribution is 6.04. The van der Waals surface area contributed by atoms with Crippen LogP contribution >= 0.6 is 0 Å². The van der Waals surface area contributed by atoms with Gasteiger partial charge in [0, 0.05) is 36.2 Å². The van der Waals surface area contributed by atoms with Crippen molar-refractivity contribution in [1.82, 2.24) is 0 Å². The third-order valence-corrected chi connectivity index (χ3v) is 7.47. The highest BCUT2D eigenvalue weighted by Crippen LogP contribution is 2.51. The summed E-state index contributed by atoms with van der Waals surface area (Å²) in [4.78, 5) is 25.7. The van der Waals surface area contributed by atoms with Crippen LogP contribution in [0.1, 0.15) is 55.2 Å². The third kappa shape index (κ3) is 4.24. The first-order chi connectivity index (χ1) is 18.5. The summed E-state index contributed by atoms with van der Waals surface area (Å²) in [6, 6.07) is 28.4. The van der Waals surface area contributed by atoms with Gasteiger partial charge in [-0.3, -0.25) is 9.59 Å². The summed E-state index contributed by atoms with van der Waals surface area (Å²) in [6.45, 7) is 3.70. The van der Waals surface area contributed by atoms with Crippen LogP contribution in [0.3, 0.4) is 0 Å². The second-order valence-electron chi connectivity index (χ2n) is 9.87. The van der Waals surface area contributed by atoms with E-state index in [2.05, 4.69) is 41.7 Å². The number of carbonyl (C=O) groups excluding carboxylic acids is 2. The quantitative estimate of drug-likeness (QED) is 0.232. The minimum absolute atomic E-state index is 0.128. The molecule has 1 N–H and O–H groups in total. The molecule has 0 fully saturated rings. The Hall–Kier alpha value is -4.38. The van der Waals surface area contributed by atoms with Crippen LogP contribution in [-0.2, 0) is 9.59 Å². The lowest BCUT2D eigenvalue weighted by Crippen LogP contribution is -2.30. The van der Waals surface area contributed by atoms with E-state index in [9.17, 15) is 9.59 Å². The number of fused-ring (bicyclic) bond motifs is 3. The Morgan fingerprint density at radius 3 is 2.47 bits per heavy atom. The molecule has 190 valence electrons. The summed E-state index contributed by atoms with van der Waals surface area (Å²) >= 11 is 0. The second kappa shape index (κ2) is 9.82. The molecule has 1 heterocycles. The number of ether oxygens (including phenoxy) is 2. The van der Waals surface area contributed by atoms with Crippen molar-refractivity contribution in [3.63, 3.8) is 0 Å². The fourth-order valence-corrected chi connectivity index (χ4v) is 5.91. The van der Waals surface area contributed by atoms with Crippen molar-refractivity contribution >= 4 is 28.2 Å². The van der Waals surface area contributed by atoms with Gasteiger partial charge in [0.1, 0.15) is 0 Å². The average molecular weight is 504 g/mol. The van der Waals surface area contributed by atoms with Crippen LogP contribution in [-0.4, -0.2) is 18.4 Å². The summed E-state index contributed by atoms with van der Waals surface area (Å²) < 4.78 is 11.3. The van der Waals surface area contributed by atoms with Crippen molar-refractivity contribution in [1.29, 1.82) is 0 Å². The number of hydrogen-bond acceptors (Lipinski definition) is 5. The van der Waals surface area contributed by atoms with Crippen LogP contribution in [0.2, 0.25) is 0 Å². The first-order valence-corrected chi connectivity index (χ1v) is 13.1. The molecule has 0 amide bonds. The topological polar surface area (TPSA) is 64.6 Å². The highest BCUT2D eigenvalue weighted by atomic mass is 16.6. The monoisotopic (exact) mass is 503 g/mol. The van der Waals surface area contributed by atoms with Crippen LogP contribution in [0, 0.1) is 0 Å². The number of allylic oxidation sites excluding steroid dienone is 2. The van der Waals surface area contributed by atoms with Gasteiger partial charge in [0.15, 0.2) is 17.3 Å². The van der Waals surface area contributed by atoms with Crippen molar-refractivity contribution in [2.45, 2.75) is 38.5 Å². The van der Waals surface area contributed by atoms with Crippen LogP contribution < -0.4 is 14.8 Å². The van der Waals surface area contributed by atoms with E-state index >= 15 is 0 Å². The standard InChI is InChI=1S/C33H29NO4/c1-3-37-30-19-23(14-16-29(30)38-20(2)35)31-32-25-12-8-7-11-22(25)13-15-26(32)34-27-17-24(18-28(36)33(27)31)21-9-5-4-6-10-21/h4-16,19,24,31,34H,3,17-18H2,1-2H3. The molecule has 0 radical (unpaired) electrons. The Morgan fingerprint density at radius 2 is 1.68 bits per heavy atom. The van der Waals surface area contributed by atoms with E-state index in [-0.39, 0.29) is 17.6 Å². The maximum Gasteiger partial charge on any atom is 0.308 e. The number of Topliss-reactive ketones (excluding diaryl/α,β-unsaturated/α-hetero) is 1. The van der Waals surface area contributed by atoms with E-state index in [1.807, 2.05) is 49.4 Å². The maximum atomic E-state index is 14.0. The summed E-state index contributed by atoms with van der Waals surface area (Å²) in [5.41, 5.74) is 5.99. The zero-order valence-electron chi connectivity index (χ0n) is 21.5. The smallest absolute Gasteiger partial charge is 0.308 e. The lowest BCUT2D eigenvalue weighted by Gasteiger charge is -2.37. The van der Waals surface area contributed by atoms with Crippen molar-refractivity contribution in [2.24, 2.45) is 0 Å². The largest absolute Gasteiger partial charge is 0.490 e. The number of nitrogens with one attached hydrogen (secondary N) is 1. The highest BCUT2D eigenvalue weighted by Gasteiger charge is 2.39. The Bertz CT molecular complexity index is 1590. The summed E-state index contributed by atoms with van der Waals surface area (Å²) in [7, 11) is 0. The van der Waals surface area contributed by atoms with Gasteiger partial charge in [-0.25, -0.2) is 0 Å². The molecule has 0 bridgehead atoms. The van der Waals surface area contributed by atoms with E-state index in [1.54, 1.807) is 6.07 Å². The Labute approximate surface area is 222 Å². The molecule has 0 saturated carbocycles. The van der Waals surface area contributed by atoms with Crippen LogP contribution in [0.4, 0.5) is 5.69 Å². The predicted molar refractivity (Wildman–Crippen MR) is 149 cm³/mol. The molecule has 6 rings (SSSR count). The molecule has 38 heavy (non-hydrogen) atoms. The molecule has 0 saturated heterocycles. The zero-order valence-corrected chi connectivity index (χ0v) is 21.5. The van der Waals surface area contributed by atoms with Gasteiger partial charge >= 0.3 is 5.97 Å². The normalized spacial score (nSPS) is 18.4. The fraction of sp³-hybridized carbons (Fsp3) is 0.212. The Morgan fingerprint density at radius 1 is 0.895 bits per heavy atom. The van der Waals surface area contributed by atoms with Gasteiger partial charge in [-0.15, -0.1) is 0 Å².